The van der Waals surface area contributed by atoms with Crippen molar-refractivity contribution in [3.05, 3.63) is 106 Å². The second-order valence-electron chi connectivity index (χ2n) is 6.85. The Morgan fingerprint density at radius 2 is 1.71 bits per heavy atom. The molecule has 1 fully saturated rings. The van der Waals surface area contributed by atoms with Crippen molar-refractivity contribution < 1.29 is 23.1 Å². The largest absolute Gasteiger partial charge is 0.489 e. The van der Waals surface area contributed by atoms with E-state index in [0.29, 0.717) is 11.3 Å². The highest BCUT2D eigenvalue weighted by molar-refractivity contribution is 8.18. The lowest BCUT2D eigenvalue weighted by Gasteiger charge is -2.12. The van der Waals surface area contributed by atoms with Crippen molar-refractivity contribution >= 4 is 29.0 Å². The summed E-state index contributed by atoms with van der Waals surface area (Å²) in [5, 5.41) is -0.441. The summed E-state index contributed by atoms with van der Waals surface area (Å²) in [6, 6.07) is 19.1. The fraction of sp³-hybridized carbons (Fsp3) is 0.0833. The molecule has 1 heterocycles. The molecule has 7 heteroatoms. The summed E-state index contributed by atoms with van der Waals surface area (Å²) in [6.45, 7) is 0.151. The minimum Gasteiger partial charge on any atom is -0.489 e. The number of halogens is 2. The van der Waals surface area contributed by atoms with Crippen molar-refractivity contribution in [3.8, 4) is 5.75 Å². The quantitative estimate of drug-likeness (QED) is 0.459. The average Bonchev–Trinajstić information content (AvgIpc) is 3.02. The van der Waals surface area contributed by atoms with Gasteiger partial charge in [-0.05, 0) is 59.3 Å². The lowest BCUT2D eigenvalue weighted by molar-refractivity contribution is -0.123. The van der Waals surface area contributed by atoms with Crippen LogP contribution >= 0.6 is 11.8 Å². The third kappa shape index (κ3) is 5.00. The molecule has 31 heavy (non-hydrogen) atoms. The first kappa shape index (κ1) is 20.8. The maximum absolute atomic E-state index is 13.9. The summed E-state index contributed by atoms with van der Waals surface area (Å²) < 4.78 is 32.6. The topological polar surface area (TPSA) is 46.6 Å². The van der Waals surface area contributed by atoms with Gasteiger partial charge in [-0.2, -0.15) is 0 Å². The number of rotatable bonds is 6. The third-order valence-corrected chi connectivity index (χ3v) is 5.54. The zero-order chi connectivity index (χ0) is 21.8. The first-order valence-electron chi connectivity index (χ1n) is 9.46. The minimum absolute atomic E-state index is 0.116. The molecule has 0 aromatic heterocycles. The monoisotopic (exact) mass is 437 g/mol. The van der Waals surface area contributed by atoms with Gasteiger partial charge in [0.1, 0.15) is 24.0 Å². The van der Waals surface area contributed by atoms with E-state index in [-0.39, 0.29) is 29.4 Å². The van der Waals surface area contributed by atoms with Crippen molar-refractivity contribution in [3.63, 3.8) is 0 Å². The average molecular weight is 437 g/mol. The van der Waals surface area contributed by atoms with E-state index in [1.165, 1.54) is 18.2 Å². The molecule has 0 bridgehead atoms. The van der Waals surface area contributed by atoms with E-state index < -0.39 is 17.0 Å². The molecule has 0 radical (unpaired) electrons. The number of hydrogen-bond acceptors (Lipinski definition) is 4. The van der Waals surface area contributed by atoms with Gasteiger partial charge in [0.25, 0.3) is 11.1 Å². The molecule has 1 saturated heterocycles. The number of benzene rings is 3. The Labute approximate surface area is 182 Å². The van der Waals surface area contributed by atoms with E-state index in [2.05, 4.69) is 0 Å². The zero-order valence-corrected chi connectivity index (χ0v) is 17.1. The fourth-order valence-electron chi connectivity index (χ4n) is 3.03. The van der Waals surface area contributed by atoms with Crippen LogP contribution in [0.3, 0.4) is 0 Å². The molecule has 4 rings (SSSR count). The Bertz CT molecular complexity index is 1160. The minimum atomic E-state index is -0.462. The van der Waals surface area contributed by atoms with E-state index >= 15 is 0 Å². The van der Waals surface area contributed by atoms with Gasteiger partial charge in [-0.15, -0.1) is 0 Å². The summed E-state index contributed by atoms with van der Waals surface area (Å²) in [5.41, 5.74) is 1.79. The first-order chi connectivity index (χ1) is 15.0. The van der Waals surface area contributed by atoms with Gasteiger partial charge in [0.2, 0.25) is 0 Å². The number of amides is 2. The molecule has 0 N–H and O–H groups in total. The number of hydrogen-bond donors (Lipinski definition) is 0. The maximum atomic E-state index is 13.9. The molecule has 1 aliphatic rings. The molecule has 4 nitrogen and oxygen atoms in total. The third-order valence-electron chi connectivity index (χ3n) is 4.63. The van der Waals surface area contributed by atoms with Gasteiger partial charge in [-0.1, -0.05) is 42.5 Å². The standard InChI is InChI=1S/C24H17F2NO3S/c25-19-10-8-16(9-11-19)15-30-20-6-3-4-17(12-20)13-22-23(28)27(24(29)31-22)14-18-5-1-2-7-21(18)26/h1-13H,14-15H2/b22-13-. The highest BCUT2D eigenvalue weighted by Gasteiger charge is 2.35. The normalized spacial score (nSPS) is 15.0. The Hall–Kier alpha value is -3.45. The lowest BCUT2D eigenvalue weighted by Crippen LogP contribution is -2.27. The number of imide groups is 1. The van der Waals surface area contributed by atoms with Crippen LogP contribution in [0, 0.1) is 11.6 Å². The molecule has 0 saturated carbocycles. The molecule has 0 atom stereocenters. The number of nitrogens with zero attached hydrogens (tertiary/aromatic N) is 1. The number of thioether (sulfide) groups is 1. The van der Waals surface area contributed by atoms with Crippen molar-refractivity contribution in [1.82, 2.24) is 4.90 Å². The van der Waals surface area contributed by atoms with Crippen LogP contribution in [0.4, 0.5) is 13.6 Å². The Morgan fingerprint density at radius 3 is 2.48 bits per heavy atom. The highest BCUT2D eigenvalue weighted by atomic mass is 32.2. The van der Waals surface area contributed by atoms with Crippen LogP contribution in [-0.2, 0) is 17.9 Å². The maximum Gasteiger partial charge on any atom is 0.293 e. The van der Waals surface area contributed by atoms with Crippen LogP contribution in [0.25, 0.3) is 6.08 Å². The second-order valence-corrected chi connectivity index (χ2v) is 7.84. The number of carbonyl (C=O) groups is 2. The van der Waals surface area contributed by atoms with Gasteiger partial charge < -0.3 is 4.74 Å². The lowest BCUT2D eigenvalue weighted by atomic mass is 10.2. The van der Waals surface area contributed by atoms with E-state index in [9.17, 15) is 18.4 Å². The smallest absolute Gasteiger partial charge is 0.293 e. The predicted molar refractivity (Wildman–Crippen MR) is 115 cm³/mol. The van der Waals surface area contributed by atoms with Gasteiger partial charge in [0.15, 0.2) is 0 Å². The van der Waals surface area contributed by atoms with E-state index in [0.717, 1.165) is 22.2 Å². The fourth-order valence-corrected chi connectivity index (χ4v) is 3.86. The molecule has 1 aliphatic heterocycles. The Kier molecular flexibility index (Phi) is 6.13. The molecule has 3 aromatic carbocycles. The van der Waals surface area contributed by atoms with E-state index in [1.54, 1.807) is 60.7 Å². The van der Waals surface area contributed by atoms with Gasteiger partial charge in [-0.3, -0.25) is 14.5 Å². The zero-order valence-electron chi connectivity index (χ0n) is 16.3. The molecule has 0 unspecified atom stereocenters. The van der Waals surface area contributed by atoms with Crippen LogP contribution in [0.1, 0.15) is 16.7 Å². The number of carbonyl (C=O) groups excluding carboxylic acids is 2. The highest BCUT2D eigenvalue weighted by Crippen LogP contribution is 2.34. The molecular formula is C24H17F2NO3S. The van der Waals surface area contributed by atoms with Crippen molar-refractivity contribution in [2.24, 2.45) is 0 Å². The molecule has 3 aromatic rings. The van der Waals surface area contributed by atoms with Gasteiger partial charge >= 0.3 is 0 Å². The Balaban J connectivity index is 1.46. The van der Waals surface area contributed by atoms with Crippen LogP contribution < -0.4 is 4.74 Å². The SMILES string of the molecule is O=C1S/C(=C\c2cccc(OCc3ccc(F)cc3)c2)C(=O)N1Cc1ccccc1F. The molecule has 0 aliphatic carbocycles. The second kappa shape index (κ2) is 9.14. The number of ether oxygens (including phenoxy) is 1. The summed E-state index contributed by atoms with van der Waals surface area (Å²) in [7, 11) is 0. The van der Waals surface area contributed by atoms with Gasteiger partial charge in [-0.25, -0.2) is 8.78 Å². The molecular weight excluding hydrogens is 420 g/mol. The summed E-state index contributed by atoms with van der Waals surface area (Å²) >= 11 is 0.819. The summed E-state index contributed by atoms with van der Waals surface area (Å²) in [5.74, 6) is -0.661. The summed E-state index contributed by atoms with van der Waals surface area (Å²) in [6.07, 6.45) is 1.61. The molecule has 0 spiro atoms. The van der Waals surface area contributed by atoms with Crippen molar-refractivity contribution in [2.45, 2.75) is 13.2 Å². The van der Waals surface area contributed by atoms with Crippen LogP contribution in [0.2, 0.25) is 0 Å². The van der Waals surface area contributed by atoms with Crippen LogP contribution in [0.15, 0.2) is 77.7 Å². The van der Waals surface area contributed by atoms with E-state index in [4.69, 9.17) is 4.74 Å². The van der Waals surface area contributed by atoms with Crippen LogP contribution in [-0.4, -0.2) is 16.0 Å². The Morgan fingerprint density at radius 1 is 0.935 bits per heavy atom. The molecule has 2 amide bonds. The summed E-state index contributed by atoms with van der Waals surface area (Å²) in [4.78, 5) is 26.3. The van der Waals surface area contributed by atoms with Crippen LogP contribution in [0.5, 0.6) is 5.75 Å². The van der Waals surface area contributed by atoms with Gasteiger partial charge in [0, 0.05) is 5.56 Å². The van der Waals surface area contributed by atoms with Gasteiger partial charge in [0.05, 0.1) is 11.4 Å². The first-order valence-corrected chi connectivity index (χ1v) is 10.3. The van der Waals surface area contributed by atoms with E-state index in [1.807, 2.05) is 0 Å². The molecule has 156 valence electrons. The van der Waals surface area contributed by atoms with Crippen molar-refractivity contribution in [1.29, 1.82) is 0 Å². The van der Waals surface area contributed by atoms with Crippen molar-refractivity contribution in [2.75, 3.05) is 0 Å². The predicted octanol–water partition coefficient (Wildman–Crippen LogP) is 5.78.